The maximum atomic E-state index is 13.8. The predicted octanol–water partition coefficient (Wildman–Crippen LogP) is 4.38. The Balaban J connectivity index is 1.60. The molecule has 0 spiro atoms. The molecule has 0 amide bonds. The van der Waals surface area contributed by atoms with E-state index in [0.29, 0.717) is 17.3 Å². The first-order valence-electron chi connectivity index (χ1n) is 9.83. The molecule has 2 heterocycles. The summed E-state index contributed by atoms with van der Waals surface area (Å²) in [4.78, 5) is 0.263. The number of nitrogens with one attached hydrogen (secondary N) is 1. The average molecular weight is 440 g/mol. The number of aromatic nitrogens is 4. The van der Waals surface area contributed by atoms with Gasteiger partial charge < -0.3 is 0 Å². The van der Waals surface area contributed by atoms with Gasteiger partial charge in [0.1, 0.15) is 5.00 Å². The smallest absolute Gasteiger partial charge is 0.254 e. The first kappa shape index (κ1) is 19.2. The maximum absolute atomic E-state index is 13.8. The molecule has 0 saturated heterocycles. The molecule has 5 rings (SSSR count). The molecule has 1 atom stereocenters. The maximum Gasteiger partial charge on any atom is 0.265 e. The Hall–Kier alpha value is -2.78. The van der Waals surface area contributed by atoms with E-state index in [2.05, 4.69) is 26.7 Å². The van der Waals surface area contributed by atoms with Crippen molar-refractivity contribution in [2.24, 2.45) is 5.92 Å². The van der Waals surface area contributed by atoms with Crippen LogP contribution in [0.4, 0.5) is 5.00 Å². The zero-order valence-corrected chi connectivity index (χ0v) is 18.2. The van der Waals surface area contributed by atoms with E-state index in [0.717, 1.165) is 33.5 Å². The Labute approximate surface area is 178 Å². The molecule has 154 valence electrons. The van der Waals surface area contributed by atoms with Gasteiger partial charge >= 0.3 is 0 Å². The monoisotopic (exact) mass is 439 g/mol. The van der Waals surface area contributed by atoms with Gasteiger partial charge in [-0.2, -0.15) is 5.21 Å². The molecular weight excluding hydrogens is 418 g/mol. The largest absolute Gasteiger partial charge is 0.265 e. The van der Waals surface area contributed by atoms with Gasteiger partial charge in [0.15, 0.2) is 0 Å². The van der Waals surface area contributed by atoms with E-state index < -0.39 is 10.0 Å². The SMILES string of the molecule is Cc1c(N(C(C)C2CC2)S(=O)(=O)c2ccc(-c3nn[nH]n3)cc2)sc2ccccc12. The van der Waals surface area contributed by atoms with E-state index in [1.165, 1.54) is 0 Å². The predicted molar refractivity (Wildman–Crippen MR) is 118 cm³/mol. The summed E-state index contributed by atoms with van der Waals surface area (Å²) in [5.74, 6) is 0.825. The lowest BCUT2D eigenvalue weighted by Gasteiger charge is -2.30. The van der Waals surface area contributed by atoms with Crippen LogP contribution in [0.25, 0.3) is 21.5 Å². The van der Waals surface area contributed by atoms with Gasteiger partial charge in [0.05, 0.1) is 4.90 Å². The average Bonchev–Trinajstić information content (AvgIpc) is 3.37. The molecule has 1 saturated carbocycles. The van der Waals surface area contributed by atoms with Crippen molar-refractivity contribution >= 4 is 36.4 Å². The second-order valence-electron chi connectivity index (χ2n) is 7.67. The van der Waals surface area contributed by atoms with Crippen molar-refractivity contribution in [2.75, 3.05) is 4.31 Å². The minimum Gasteiger partial charge on any atom is -0.254 e. The Bertz CT molecular complexity index is 1290. The van der Waals surface area contributed by atoms with Crippen LogP contribution in [0.15, 0.2) is 53.4 Å². The van der Waals surface area contributed by atoms with Crippen molar-refractivity contribution in [1.29, 1.82) is 0 Å². The number of nitrogens with zero attached hydrogens (tertiary/aromatic N) is 4. The summed E-state index contributed by atoms with van der Waals surface area (Å²) in [6, 6.07) is 14.7. The molecule has 7 nitrogen and oxygen atoms in total. The molecule has 4 aromatic rings. The highest BCUT2D eigenvalue weighted by Crippen LogP contribution is 2.45. The van der Waals surface area contributed by atoms with Crippen LogP contribution in [0.5, 0.6) is 0 Å². The zero-order valence-electron chi connectivity index (χ0n) is 16.6. The van der Waals surface area contributed by atoms with E-state index in [9.17, 15) is 8.42 Å². The summed E-state index contributed by atoms with van der Waals surface area (Å²) >= 11 is 1.54. The zero-order chi connectivity index (χ0) is 20.9. The minimum absolute atomic E-state index is 0.0985. The van der Waals surface area contributed by atoms with Crippen molar-refractivity contribution in [1.82, 2.24) is 20.6 Å². The van der Waals surface area contributed by atoms with Crippen molar-refractivity contribution in [3.63, 3.8) is 0 Å². The molecule has 1 fully saturated rings. The van der Waals surface area contributed by atoms with E-state index >= 15 is 0 Å². The molecule has 0 radical (unpaired) electrons. The Kier molecular flexibility index (Phi) is 4.59. The molecule has 1 aliphatic carbocycles. The molecule has 9 heteroatoms. The lowest BCUT2D eigenvalue weighted by atomic mass is 10.1. The van der Waals surface area contributed by atoms with E-state index in [1.807, 2.05) is 32.0 Å². The lowest BCUT2D eigenvalue weighted by molar-refractivity contribution is 0.567. The van der Waals surface area contributed by atoms with Gasteiger partial charge in [-0.3, -0.25) is 4.31 Å². The molecule has 0 aliphatic heterocycles. The molecule has 0 bridgehead atoms. The highest BCUT2D eigenvalue weighted by Gasteiger charge is 2.40. The first-order valence-corrected chi connectivity index (χ1v) is 12.1. The third-order valence-corrected chi connectivity index (χ3v) is 9.00. The van der Waals surface area contributed by atoms with Crippen LogP contribution in [0.2, 0.25) is 0 Å². The highest BCUT2D eigenvalue weighted by molar-refractivity contribution is 7.93. The van der Waals surface area contributed by atoms with Crippen LogP contribution in [-0.4, -0.2) is 35.1 Å². The number of rotatable bonds is 6. The van der Waals surface area contributed by atoms with Crippen LogP contribution in [-0.2, 0) is 10.0 Å². The molecule has 1 N–H and O–H groups in total. The Morgan fingerprint density at radius 3 is 2.50 bits per heavy atom. The summed E-state index contributed by atoms with van der Waals surface area (Å²) < 4.78 is 30.4. The number of anilines is 1. The third kappa shape index (κ3) is 3.18. The third-order valence-electron chi connectivity index (χ3n) is 5.71. The number of tetrazole rings is 1. The summed E-state index contributed by atoms with van der Waals surface area (Å²) in [5.41, 5.74) is 1.72. The number of aryl methyl sites for hydroxylation is 1. The van der Waals surface area contributed by atoms with Crippen molar-refractivity contribution in [3.05, 3.63) is 54.1 Å². The lowest BCUT2D eigenvalue weighted by Crippen LogP contribution is -2.40. The van der Waals surface area contributed by atoms with Crippen LogP contribution < -0.4 is 4.31 Å². The van der Waals surface area contributed by atoms with Crippen LogP contribution >= 0.6 is 11.3 Å². The van der Waals surface area contributed by atoms with E-state index in [4.69, 9.17) is 0 Å². The first-order chi connectivity index (χ1) is 14.5. The standard InChI is InChI=1S/C21H21N5O2S2/c1-13-18-5-3-4-6-19(18)29-21(13)26(14(2)15-7-8-15)30(27,28)17-11-9-16(10-12-17)20-22-24-25-23-20/h3-6,9-12,14-15H,7-8H2,1-2H3,(H,22,23,24,25). The number of hydrogen-bond acceptors (Lipinski definition) is 6. The number of benzene rings is 2. The van der Waals surface area contributed by atoms with Crippen molar-refractivity contribution < 1.29 is 8.42 Å². The molecule has 1 unspecified atom stereocenters. The number of fused-ring (bicyclic) bond motifs is 1. The second-order valence-corrected chi connectivity index (χ2v) is 10.5. The number of aromatic amines is 1. The summed E-state index contributed by atoms with van der Waals surface area (Å²) in [6.45, 7) is 4.03. The van der Waals surface area contributed by atoms with Gasteiger partial charge in [0.25, 0.3) is 10.0 Å². The second kappa shape index (κ2) is 7.17. The quantitative estimate of drug-likeness (QED) is 0.481. The summed E-state index contributed by atoms with van der Waals surface area (Å²) in [7, 11) is -3.73. The Morgan fingerprint density at radius 1 is 1.13 bits per heavy atom. The van der Waals surface area contributed by atoms with Crippen molar-refractivity contribution in [3.8, 4) is 11.4 Å². The topological polar surface area (TPSA) is 91.8 Å². The van der Waals surface area contributed by atoms with Gasteiger partial charge in [-0.25, -0.2) is 8.42 Å². The van der Waals surface area contributed by atoms with Gasteiger partial charge in [-0.15, -0.1) is 21.5 Å². The van der Waals surface area contributed by atoms with E-state index in [-0.39, 0.29) is 10.9 Å². The Morgan fingerprint density at radius 2 is 1.87 bits per heavy atom. The normalized spacial score (nSPS) is 15.4. The molecule has 2 aromatic heterocycles. The number of hydrogen-bond donors (Lipinski definition) is 1. The van der Waals surface area contributed by atoms with Crippen molar-refractivity contribution in [2.45, 2.75) is 37.6 Å². The fraction of sp³-hybridized carbons (Fsp3) is 0.286. The summed E-state index contributed by atoms with van der Waals surface area (Å²) in [5, 5.41) is 15.8. The van der Waals surface area contributed by atoms with E-state index in [1.54, 1.807) is 39.9 Å². The number of sulfonamides is 1. The van der Waals surface area contributed by atoms with Crippen LogP contribution in [0.3, 0.4) is 0 Å². The van der Waals surface area contributed by atoms with Crippen LogP contribution in [0.1, 0.15) is 25.3 Å². The van der Waals surface area contributed by atoms with Gasteiger partial charge in [-0.05, 0) is 79.1 Å². The van der Waals surface area contributed by atoms with Gasteiger partial charge in [0, 0.05) is 16.3 Å². The van der Waals surface area contributed by atoms with Crippen LogP contribution in [0, 0.1) is 12.8 Å². The minimum atomic E-state index is -3.73. The molecule has 1 aliphatic rings. The molecule has 30 heavy (non-hydrogen) atoms. The number of thiophene rings is 1. The fourth-order valence-electron chi connectivity index (χ4n) is 3.83. The number of H-pyrrole nitrogens is 1. The summed E-state index contributed by atoms with van der Waals surface area (Å²) in [6.07, 6.45) is 2.13. The van der Waals surface area contributed by atoms with Gasteiger partial charge in [0.2, 0.25) is 5.82 Å². The molecular formula is C21H21N5O2S2. The highest BCUT2D eigenvalue weighted by atomic mass is 32.2. The fourth-order valence-corrected chi connectivity index (χ4v) is 7.11. The molecule has 2 aromatic carbocycles. The van der Waals surface area contributed by atoms with Gasteiger partial charge in [-0.1, -0.05) is 18.2 Å².